The minimum atomic E-state index is -3.45. The van der Waals surface area contributed by atoms with E-state index >= 15 is 0 Å². The molecule has 2 aromatic carbocycles. The number of halogens is 6. The number of hydrogen-bond acceptors (Lipinski definition) is 4. The van der Waals surface area contributed by atoms with E-state index in [2.05, 4.69) is 5.10 Å². The van der Waals surface area contributed by atoms with Crippen molar-refractivity contribution >= 4 is 40.7 Å². The second kappa shape index (κ2) is 9.91. The lowest BCUT2D eigenvalue weighted by Crippen LogP contribution is -2.45. The SMILES string of the molecule is O=C(NC(F)C(O)C(F)F)c1cc(-c2ccc(Cl)cc2)nn(-c2cc(Cl)cc(Cl)c2)c1=O. The van der Waals surface area contributed by atoms with Gasteiger partial charge in [0.1, 0.15) is 5.56 Å². The van der Waals surface area contributed by atoms with Gasteiger partial charge in [0, 0.05) is 20.6 Å². The van der Waals surface area contributed by atoms with Crippen LogP contribution >= 0.6 is 34.8 Å². The van der Waals surface area contributed by atoms with Crippen LogP contribution in [-0.2, 0) is 0 Å². The zero-order valence-electron chi connectivity index (χ0n) is 15.8. The summed E-state index contributed by atoms with van der Waals surface area (Å²) in [6.07, 6.45) is -9.04. The maximum atomic E-state index is 13.9. The number of aliphatic hydroxyl groups is 1. The standard InChI is InChI=1S/C20H13Cl3F3N3O3/c21-10-3-1-9(2-4-10)15-8-14(19(31)27-18(26)16(30)17(24)25)20(32)29(28-15)13-6-11(22)5-12(23)7-13/h1-8,16-18,30H,(H,27,31). The van der Waals surface area contributed by atoms with E-state index in [0.717, 1.165) is 10.7 Å². The van der Waals surface area contributed by atoms with Crippen LogP contribution in [0.5, 0.6) is 0 Å². The molecule has 0 bridgehead atoms. The molecule has 1 aromatic heterocycles. The van der Waals surface area contributed by atoms with Crippen molar-refractivity contribution in [2.24, 2.45) is 0 Å². The minimum absolute atomic E-state index is 0.0989. The summed E-state index contributed by atoms with van der Waals surface area (Å²) in [5.74, 6) is -1.33. The van der Waals surface area contributed by atoms with Gasteiger partial charge in [0.2, 0.25) is 6.30 Å². The van der Waals surface area contributed by atoms with Gasteiger partial charge in [-0.15, -0.1) is 0 Å². The number of amides is 1. The van der Waals surface area contributed by atoms with E-state index in [1.165, 1.54) is 18.2 Å². The number of aromatic nitrogens is 2. The van der Waals surface area contributed by atoms with Crippen molar-refractivity contribution in [3.63, 3.8) is 0 Å². The van der Waals surface area contributed by atoms with Crippen LogP contribution in [0.2, 0.25) is 15.1 Å². The molecule has 168 valence electrons. The van der Waals surface area contributed by atoms with Crippen LogP contribution in [0.15, 0.2) is 53.3 Å². The van der Waals surface area contributed by atoms with Gasteiger partial charge in [-0.25, -0.2) is 13.2 Å². The van der Waals surface area contributed by atoms with Gasteiger partial charge in [-0.2, -0.15) is 9.78 Å². The van der Waals surface area contributed by atoms with E-state index in [4.69, 9.17) is 39.9 Å². The Morgan fingerprint density at radius 2 is 1.56 bits per heavy atom. The van der Waals surface area contributed by atoms with Gasteiger partial charge >= 0.3 is 0 Å². The molecule has 12 heteroatoms. The maximum Gasteiger partial charge on any atom is 0.284 e. The van der Waals surface area contributed by atoms with Gasteiger partial charge in [0.05, 0.1) is 11.4 Å². The molecular weight excluding hydrogens is 494 g/mol. The summed E-state index contributed by atoms with van der Waals surface area (Å²) < 4.78 is 39.8. The summed E-state index contributed by atoms with van der Waals surface area (Å²) >= 11 is 17.9. The number of alkyl halides is 3. The predicted octanol–water partition coefficient (Wildman–Crippen LogP) is 4.51. The number of nitrogens with one attached hydrogen (secondary N) is 1. The summed E-state index contributed by atoms with van der Waals surface area (Å²) in [5.41, 5.74) is -0.980. The molecule has 0 aliphatic rings. The first-order chi connectivity index (χ1) is 15.1. The summed E-state index contributed by atoms with van der Waals surface area (Å²) in [6, 6.07) is 11.4. The summed E-state index contributed by atoms with van der Waals surface area (Å²) in [6.45, 7) is 0. The average molecular weight is 507 g/mol. The van der Waals surface area contributed by atoms with Gasteiger partial charge in [0.15, 0.2) is 6.10 Å². The number of nitrogens with zero attached hydrogens (tertiary/aromatic N) is 2. The lowest BCUT2D eigenvalue weighted by molar-refractivity contribution is -0.0551. The topological polar surface area (TPSA) is 84.2 Å². The predicted molar refractivity (Wildman–Crippen MR) is 115 cm³/mol. The Bertz CT molecular complexity index is 1190. The highest BCUT2D eigenvalue weighted by Gasteiger charge is 2.30. The lowest BCUT2D eigenvalue weighted by atomic mass is 10.1. The molecule has 0 spiro atoms. The fraction of sp³-hybridized carbons (Fsp3) is 0.150. The first kappa shape index (κ1) is 24.1. The number of hydrogen-bond donors (Lipinski definition) is 2. The first-order valence-electron chi connectivity index (χ1n) is 8.84. The molecule has 0 radical (unpaired) electrons. The third kappa shape index (κ3) is 5.42. The third-order valence-electron chi connectivity index (χ3n) is 4.22. The van der Waals surface area contributed by atoms with Gasteiger partial charge in [-0.05, 0) is 36.4 Å². The van der Waals surface area contributed by atoms with E-state index in [-0.39, 0.29) is 21.4 Å². The fourth-order valence-electron chi connectivity index (χ4n) is 2.67. The Morgan fingerprint density at radius 3 is 2.12 bits per heavy atom. The molecule has 3 aromatic rings. The Labute approximate surface area is 194 Å². The highest BCUT2D eigenvalue weighted by Crippen LogP contribution is 2.23. The van der Waals surface area contributed by atoms with E-state index < -0.39 is 35.9 Å². The second-order valence-corrected chi connectivity index (χ2v) is 7.80. The van der Waals surface area contributed by atoms with Crippen molar-refractivity contribution in [2.75, 3.05) is 0 Å². The Morgan fingerprint density at radius 1 is 0.969 bits per heavy atom. The lowest BCUT2D eigenvalue weighted by Gasteiger charge is -2.17. The normalized spacial score (nSPS) is 13.1. The van der Waals surface area contributed by atoms with Crippen LogP contribution in [-0.4, -0.2) is 39.6 Å². The Kier molecular flexibility index (Phi) is 7.45. The fourth-order valence-corrected chi connectivity index (χ4v) is 3.31. The maximum absolute atomic E-state index is 13.9. The average Bonchev–Trinajstić information content (AvgIpc) is 2.73. The zero-order valence-corrected chi connectivity index (χ0v) is 18.0. The van der Waals surface area contributed by atoms with Crippen molar-refractivity contribution in [1.82, 2.24) is 15.1 Å². The molecule has 6 nitrogen and oxygen atoms in total. The van der Waals surface area contributed by atoms with Gasteiger partial charge in [0.25, 0.3) is 17.9 Å². The van der Waals surface area contributed by atoms with E-state index in [1.54, 1.807) is 29.6 Å². The first-order valence-corrected chi connectivity index (χ1v) is 9.98. The van der Waals surface area contributed by atoms with Crippen molar-refractivity contribution < 1.29 is 23.1 Å². The third-order valence-corrected chi connectivity index (χ3v) is 4.90. The molecule has 2 unspecified atom stereocenters. The highest BCUT2D eigenvalue weighted by atomic mass is 35.5. The molecule has 0 saturated heterocycles. The van der Waals surface area contributed by atoms with Crippen LogP contribution in [0.1, 0.15) is 10.4 Å². The Hall–Kier alpha value is -2.59. The quantitative estimate of drug-likeness (QED) is 0.482. The monoisotopic (exact) mass is 505 g/mol. The molecule has 0 aliphatic heterocycles. The molecule has 2 N–H and O–H groups in total. The zero-order chi connectivity index (χ0) is 23.6. The Balaban J connectivity index is 2.15. The molecule has 3 rings (SSSR count). The largest absolute Gasteiger partial charge is 0.382 e. The summed E-state index contributed by atoms with van der Waals surface area (Å²) in [7, 11) is 0. The molecule has 0 saturated carbocycles. The van der Waals surface area contributed by atoms with E-state index in [0.29, 0.717) is 10.6 Å². The molecule has 1 amide bonds. The van der Waals surface area contributed by atoms with Crippen LogP contribution in [0.3, 0.4) is 0 Å². The summed E-state index contributed by atoms with van der Waals surface area (Å²) in [5, 5.41) is 15.7. The number of carbonyl (C=O) groups excluding carboxylic acids is 1. The van der Waals surface area contributed by atoms with Crippen molar-refractivity contribution in [2.45, 2.75) is 18.8 Å². The number of aliphatic hydroxyl groups excluding tert-OH is 1. The van der Waals surface area contributed by atoms with Crippen LogP contribution in [0.25, 0.3) is 16.9 Å². The molecular formula is C20H13Cl3F3N3O3. The molecule has 32 heavy (non-hydrogen) atoms. The minimum Gasteiger partial charge on any atom is -0.382 e. The van der Waals surface area contributed by atoms with Crippen LogP contribution in [0.4, 0.5) is 13.2 Å². The highest BCUT2D eigenvalue weighted by molar-refractivity contribution is 6.34. The second-order valence-electron chi connectivity index (χ2n) is 6.50. The van der Waals surface area contributed by atoms with Crippen molar-refractivity contribution in [3.05, 3.63) is 79.5 Å². The van der Waals surface area contributed by atoms with Gasteiger partial charge in [-0.1, -0.05) is 46.9 Å². The number of rotatable bonds is 6. The van der Waals surface area contributed by atoms with Gasteiger partial charge in [-0.3, -0.25) is 9.59 Å². The van der Waals surface area contributed by atoms with Crippen LogP contribution < -0.4 is 10.9 Å². The molecule has 0 aliphatic carbocycles. The molecule has 2 atom stereocenters. The van der Waals surface area contributed by atoms with Crippen molar-refractivity contribution in [1.29, 1.82) is 0 Å². The molecule has 1 heterocycles. The summed E-state index contributed by atoms with van der Waals surface area (Å²) in [4.78, 5) is 25.5. The van der Waals surface area contributed by atoms with Crippen molar-refractivity contribution in [3.8, 4) is 16.9 Å². The van der Waals surface area contributed by atoms with E-state index in [1.807, 2.05) is 0 Å². The number of benzene rings is 2. The molecule has 0 fully saturated rings. The van der Waals surface area contributed by atoms with Gasteiger partial charge < -0.3 is 10.4 Å². The van der Waals surface area contributed by atoms with E-state index in [9.17, 15) is 22.8 Å². The number of carbonyl (C=O) groups is 1. The van der Waals surface area contributed by atoms with Crippen LogP contribution in [0, 0.1) is 0 Å². The smallest absolute Gasteiger partial charge is 0.284 e.